The van der Waals surface area contributed by atoms with Crippen LogP contribution in [0.3, 0.4) is 0 Å². The molecule has 1 heterocycles. The first-order valence-electron chi connectivity index (χ1n) is 8.28. The standard InChI is InChI=1S/C18H28N2O3/c1-18(2,3)23-17(22)19-15-11-14(9-10-21)12-20(13-15)16-7-5-4-6-8-16/h4-8,14-15,21H,9-13H2,1-3H3,(H,19,22). The highest BCUT2D eigenvalue weighted by Gasteiger charge is 2.29. The fourth-order valence-electron chi connectivity index (χ4n) is 3.02. The van der Waals surface area contributed by atoms with Crippen LogP contribution >= 0.6 is 0 Å². The van der Waals surface area contributed by atoms with Crippen molar-refractivity contribution in [1.29, 1.82) is 0 Å². The van der Waals surface area contributed by atoms with Gasteiger partial charge < -0.3 is 20.1 Å². The maximum atomic E-state index is 12.0. The molecular formula is C18H28N2O3. The Kier molecular flexibility index (Phi) is 5.88. The van der Waals surface area contributed by atoms with Gasteiger partial charge >= 0.3 is 6.09 Å². The molecule has 1 aromatic rings. The number of para-hydroxylation sites is 1. The molecule has 1 aliphatic rings. The van der Waals surface area contributed by atoms with Crippen LogP contribution in [-0.2, 0) is 4.74 Å². The minimum atomic E-state index is -0.498. The summed E-state index contributed by atoms with van der Waals surface area (Å²) in [5, 5.41) is 12.2. The largest absolute Gasteiger partial charge is 0.444 e. The van der Waals surface area contributed by atoms with Gasteiger partial charge in [0, 0.05) is 25.4 Å². The average Bonchev–Trinajstić information content (AvgIpc) is 2.46. The first kappa shape index (κ1) is 17.6. The van der Waals surface area contributed by atoms with E-state index < -0.39 is 5.60 Å². The summed E-state index contributed by atoms with van der Waals surface area (Å²) in [6, 6.07) is 10.2. The number of aliphatic hydroxyl groups excluding tert-OH is 1. The minimum absolute atomic E-state index is 0.0235. The van der Waals surface area contributed by atoms with Gasteiger partial charge in [0.25, 0.3) is 0 Å². The predicted molar refractivity (Wildman–Crippen MR) is 91.6 cm³/mol. The summed E-state index contributed by atoms with van der Waals surface area (Å²) >= 11 is 0. The lowest BCUT2D eigenvalue weighted by molar-refractivity contribution is 0.0492. The van der Waals surface area contributed by atoms with Crippen LogP contribution in [0, 0.1) is 5.92 Å². The molecule has 2 unspecified atom stereocenters. The Morgan fingerprint density at radius 1 is 1.30 bits per heavy atom. The molecule has 128 valence electrons. The lowest BCUT2D eigenvalue weighted by atomic mass is 9.91. The van der Waals surface area contributed by atoms with Gasteiger partial charge in [-0.1, -0.05) is 18.2 Å². The van der Waals surface area contributed by atoms with E-state index in [1.807, 2.05) is 39.0 Å². The lowest BCUT2D eigenvalue weighted by Gasteiger charge is -2.39. The van der Waals surface area contributed by atoms with Gasteiger partial charge in [-0.15, -0.1) is 0 Å². The van der Waals surface area contributed by atoms with Gasteiger partial charge in [-0.05, 0) is 51.7 Å². The van der Waals surface area contributed by atoms with Crippen LogP contribution in [0.4, 0.5) is 10.5 Å². The highest BCUT2D eigenvalue weighted by Crippen LogP contribution is 2.25. The van der Waals surface area contributed by atoms with Gasteiger partial charge in [0.05, 0.1) is 6.04 Å². The Morgan fingerprint density at radius 3 is 2.61 bits per heavy atom. The van der Waals surface area contributed by atoms with E-state index in [1.54, 1.807) is 0 Å². The molecule has 2 atom stereocenters. The molecule has 1 saturated heterocycles. The number of rotatable bonds is 4. The third-order valence-electron chi connectivity index (χ3n) is 3.92. The summed E-state index contributed by atoms with van der Waals surface area (Å²) in [4.78, 5) is 14.3. The molecule has 5 heteroatoms. The zero-order chi connectivity index (χ0) is 16.9. The summed E-state index contributed by atoms with van der Waals surface area (Å²) in [7, 11) is 0. The molecule has 5 nitrogen and oxygen atoms in total. The topological polar surface area (TPSA) is 61.8 Å². The fraction of sp³-hybridized carbons (Fsp3) is 0.611. The molecule has 0 aliphatic carbocycles. The molecule has 0 bridgehead atoms. The van der Waals surface area contributed by atoms with Crippen LogP contribution in [0.5, 0.6) is 0 Å². The molecule has 1 amide bonds. The Morgan fingerprint density at radius 2 is 2.00 bits per heavy atom. The van der Waals surface area contributed by atoms with Crippen LogP contribution in [0.25, 0.3) is 0 Å². The van der Waals surface area contributed by atoms with Gasteiger partial charge in [0.1, 0.15) is 5.60 Å². The first-order valence-corrected chi connectivity index (χ1v) is 8.28. The number of hydrogen-bond acceptors (Lipinski definition) is 4. The monoisotopic (exact) mass is 320 g/mol. The average molecular weight is 320 g/mol. The first-order chi connectivity index (χ1) is 10.9. The third-order valence-corrected chi connectivity index (χ3v) is 3.92. The molecule has 1 fully saturated rings. The van der Waals surface area contributed by atoms with E-state index >= 15 is 0 Å². The Balaban J connectivity index is 2.02. The number of anilines is 1. The van der Waals surface area contributed by atoms with Gasteiger partial charge in [-0.3, -0.25) is 0 Å². The number of hydrogen-bond donors (Lipinski definition) is 2. The van der Waals surface area contributed by atoms with Crippen molar-refractivity contribution in [2.75, 3.05) is 24.6 Å². The molecule has 0 aromatic heterocycles. The van der Waals surface area contributed by atoms with E-state index in [0.717, 1.165) is 31.6 Å². The Bertz CT molecular complexity index is 499. The second-order valence-corrected chi connectivity index (χ2v) is 7.20. The van der Waals surface area contributed by atoms with E-state index in [9.17, 15) is 9.90 Å². The summed E-state index contributed by atoms with van der Waals surface area (Å²) in [5.41, 5.74) is 0.647. The second kappa shape index (κ2) is 7.68. The van der Waals surface area contributed by atoms with Crippen molar-refractivity contribution < 1.29 is 14.6 Å². The zero-order valence-corrected chi connectivity index (χ0v) is 14.3. The lowest BCUT2D eigenvalue weighted by Crippen LogP contribution is -2.52. The number of nitrogens with one attached hydrogen (secondary N) is 1. The summed E-state index contributed by atoms with van der Waals surface area (Å²) in [5.74, 6) is 0.355. The summed E-state index contributed by atoms with van der Waals surface area (Å²) in [6.07, 6.45) is 1.24. The Labute approximate surface area is 138 Å². The van der Waals surface area contributed by atoms with Crippen molar-refractivity contribution in [2.45, 2.75) is 45.3 Å². The van der Waals surface area contributed by atoms with Crippen molar-refractivity contribution in [3.63, 3.8) is 0 Å². The van der Waals surface area contributed by atoms with Crippen LogP contribution in [-0.4, -0.2) is 42.5 Å². The van der Waals surface area contributed by atoms with E-state index in [-0.39, 0.29) is 18.7 Å². The van der Waals surface area contributed by atoms with Crippen molar-refractivity contribution >= 4 is 11.8 Å². The molecular weight excluding hydrogens is 292 g/mol. The summed E-state index contributed by atoms with van der Waals surface area (Å²) in [6.45, 7) is 7.41. The minimum Gasteiger partial charge on any atom is -0.444 e. The molecule has 1 aliphatic heterocycles. The second-order valence-electron chi connectivity index (χ2n) is 7.20. The molecule has 1 aromatic carbocycles. The van der Waals surface area contributed by atoms with E-state index in [1.165, 1.54) is 0 Å². The third kappa shape index (κ3) is 5.75. The van der Waals surface area contributed by atoms with Crippen LogP contribution < -0.4 is 10.2 Å². The van der Waals surface area contributed by atoms with Crippen molar-refractivity contribution in [1.82, 2.24) is 5.32 Å². The van der Waals surface area contributed by atoms with Gasteiger partial charge in [-0.2, -0.15) is 0 Å². The number of carbonyl (C=O) groups excluding carboxylic acids is 1. The maximum Gasteiger partial charge on any atom is 0.407 e. The number of amides is 1. The number of alkyl carbamates (subject to hydrolysis) is 1. The molecule has 0 saturated carbocycles. The summed E-state index contributed by atoms with van der Waals surface area (Å²) < 4.78 is 5.36. The number of benzene rings is 1. The molecule has 23 heavy (non-hydrogen) atoms. The molecule has 0 spiro atoms. The number of nitrogens with zero attached hydrogens (tertiary/aromatic N) is 1. The number of aliphatic hydroxyl groups is 1. The van der Waals surface area contributed by atoms with Gasteiger partial charge in [0.15, 0.2) is 0 Å². The SMILES string of the molecule is CC(C)(C)OC(=O)NC1CC(CCO)CN(c2ccccc2)C1. The van der Waals surface area contributed by atoms with E-state index in [4.69, 9.17) is 4.74 Å². The molecule has 2 rings (SSSR count). The van der Waals surface area contributed by atoms with Crippen molar-refractivity contribution in [3.05, 3.63) is 30.3 Å². The molecule has 2 N–H and O–H groups in total. The van der Waals surface area contributed by atoms with Crippen LogP contribution in [0.2, 0.25) is 0 Å². The quantitative estimate of drug-likeness (QED) is 0.895. The normalized spacial score (nSPS) is 21.8. The van der Waals surface area contributed by atoms with Crippen LogP contribution in [0.1, 0.15) is 33.6 Å². The maximum absolute atomic E-state index is 12.0. The highest BCUT2D eigenvalue weighted by molar-refractivity contribution is 5.68. The highest BCUT2D eigenvalue weighted by atomic mass is 16.6. The Hall–Kier alpha value is -1.75. The van der Waals surface area contributed by atoms with Gasteiger partial charge in [-0.25, -0.2) is 4.79 Å². The van der Waals surface area contributed by atoms with Crippen LogP contribution in [0.15, 0.2) is 30.3 Å². The van der Waals surface area contributed by atoms with Crippen molar-refractivity contribution in [2.24, 2.45) is 5.92 Å². The zero-order valence-electron chi connectivity index (χ0n) is 14.3. The smallest absolute Gasteiger partial charge is 0.407 e. The number of piperidine rings is 1. The fourth-order valence-corrected chi connectivity index (χ4v) is 3.02. The predicted octanol–water partition coefficient (Wildman–Crippen LogP) is 2.79. The number of ether oxygens (including phenoxy) is 1. The van der Waals surface area contributed by atoms with E-state index in [0.29, 0.717) is 5.92 Å². The van der Waals surface area contributed by atoms with Crippen molar-refractivity contribution in [3.8, 4) is 0 Å². The van der Waals surface area contributed by atoms with E-state index in [2.05, 4.69) is 22.3 Å². The number of carbonyl (C=O) groups is 1. The molecule has 0 radical (unpaired) electrons. The van der Waals surface area contributed by atoms with Gasteiger partial charge in [0.2, 0.25) is 0 Å².